The first-order valence-corrected chi connectivity index (χ1v) is 8.32. The topological polar surface area (TPSA) is 75.7 Å². The number of para-hydroxylation sites is 1. The van der Waals surface area contributed by atoms with Crippen molar-refractivity contribution in [1.82, 2.24) is 5.32 Å². The van der Waals surface area contributed by atoms with E-state index in [1.54, 1.807) is 6.07 Å². The molecule has 0 radical (unpaired) electrons. The maximum atomic E-state index is 14.1. The Morgan fingerprint density at radius 1 is 1.21 bits per heavy atom. The Hall–Kier alpha value is -3.63. The summed E-state index contributed by atoms with van der Waals surface area (Å²) in [6, 6.07) is 8.71. The van der Waals surface area contributed by atoms with Crippen LogP contribution in [0.25, 0.3) is 6.08 Å². The average Bonchev–Trinajstić information content (AvgIpc) is 2.66. The van der Waals surface area contributed by atoms with Gasteiger partial charge >= 0.3 is 6.03 Å². The minimum absolute atomic E-state index is 0.0439. The molecule has 0 atom stereocenters. The minimum atomic E-state index is -1.05. The van der Waals surface area contributed by atoms with Crippen molar-refractivity contribution in [2.75, 3.05) is 11.5 Å². The van der Waals surface area contributed by atoms with E-state index in [4.69, 9.17) is 22.8 Å². The highest BCUT2D eigenvalue weighted by Gasteiger charge is 2.38. The van der Waals surface area contributed by atoms with Crippen molar-refractivity contribution in [3.8, 4) is 18.1 Å². The summed E-state index contributed by atoms with van der Waals surface area (Å²) in [7, 11) is 0. The van der Waals surface area contributed by atoms with E-state index in [2.05, 4.69) is 5.92 Å². The van der Waals surface area contributed by atoms with Crippen LogP contribution < -0.4 is 15.0 Å². The third-order valence-electron chi connectivity index (χ3n) is 3.78. The van der Waals surface area contributed by atoms with Crippen molar-refractivity contribution in [2.45, 2.75) is 0 Å². The van der Waals surface area contributed by atoms with Crippen LogP contribution in [-0.2, 0) is 9.59 Å². The molecule has 140 valence electrons. The van der Waals surface area contributed by atoms with Crippen LogP contribution in [0.5, 0.6) is 5.75 Å². The van der Waals surface area contributed by atoms with E-state index in [1.165, 1.54) is 36.4 Å². The molecule has 1 fully saturated rings. The second kappa shape index (κ2) is 7.94. The molecular formula is C20H12ClFN2O4. The Balaban J connectivity index is 2.07. The van der Waals surface area contributed by atoms with Gasteiger partial charge in [-0.05, 0) is 36.4 Å². The van der Waals surface area contributed by atoms with Crippen LogP contribution in [-0.4, -0.2) is 24.5 Å². The fourth-order valence-electron chi connectivity index (χ4n) is 2.55. The molecule has 1 aliphatic heterocycles. The van der Waals surface area contributed by atoms with Crippen LogP contribution in [0, 0.1) is 18.2 Å². The monoisotopic (exact) mass is 398 g/mol. The number of anilines is 1. The van der Waals surface area contributed by atoms with Gasteiger partial charge in [0.15, 0.2) is 0 Å². The van der Waals surface area contributed by atoms with Crippen molar-refractivity contribution < 1.29 is 23.5 Å². The maximum Gasteiger partial charge on any atom is 0.336 e. The second-order valence-corrected chi connectivity index (χ2v) is 6.02. The minimum Gasteiger partial charge on any atom is -0.480 e. The van der Waals surface area contributed by atoms with Crippen LogP contribution >= 0.6 is 11.6 Å². The molecule has 3 rings (SSSR count). The van der Waals surface area contributed by atoms with E-state index < -0.39 is 29.2 Å². The molecule has 8 heteroatoms. The molecule has 0 bridgehead atoms. The number of carbonyl (C=O) groups is 3. The van der Waals surface area contributed by atoms with Gasteiger partial charge in [0.1, 0.15) is 23.7 Å². The Morgan fingerprint density at radius 2 is 1.96 bits per heavy atom. The number of rotatable bonds is 4. The van der Waals surface area contributed by atoms with Gasteiger partial charge in [0.25, 0.3) is 11.8 Å². The zero-order valence-corrected chi connectivity index (χ0v) is 15.0. The smallest absolute Gasteiger partial charge is 0.336 e. The number of nitrogens with zero attached hydrogens (tertiary/aromatic N) is 1. The zero-order chi connectivity index (χ0) is 20.3. The van der Waals surface area contributed by atoms with Crippen LogP contribution in [0.2, 0.25) is 5.02 Å². The Labute approximate surface area is 164 Å². The van der Waals surface area contributed by atoms with Crippen molar-refractivity contribution in [3.63, 3.8) is 0 Å². The lowest BCUT2D eigenvalue weighted by Gasteiger charge is -2.26. The number of benzene rings is 2. The van der Waals surface area contributed by atoms with Gasteiger partial charge in [0, 0.05) is 10.6 Å². The van der Waals surface area contributed by atoms with Crippen molar-refractivity contribution in [1.29, 1.82) is 0 Å². The van der Waals surface area contributed by atoms with E-state index in [0.29, 0.717) is 15.5 Å². The molecule has 1 heterocycles. The number of amides is 4. The van der Waals surface area contributed by atoms with E-state index in [-0.39, 0.29) is 18.0 Å². The molecule has 28 heavy (non-hydrogen) atoms. The molecule has 1 aliphatic rings. The first-order valence-electron chi connectivity index (χ1n) is 7.94. The fourth-order valence-corrected chi connectivity index (χ4v) is 2.73. The molecule has 1 saturated heterocycles. The lowest BCUT2D eigenvalue weighted by atomic mass is 10.1. The fraction of sp³-hybridized carbons (Fsp3) is 0.0500. The summed E-state index contributed by atoms with van der Waals surface area (Å²) in [6.45, 7) is -0.0439. The molecule has 4 amide bonds. The number of hydrogen-bond donors (Lipinski definition) is 1. The molecule has 1 N–H and O–H groups in total. The van der Waals surface area contributed by atoms with Crippen LogP contribution in [0.4, 0.5) is 14.9 Å². The van der Waals surface area contributed by atoms with Crippen molar-refractivity contribution in [2.24, 2.45) is 0 Å². The molecule has 0 spiro atoms. The van der Waals surface area contributed by atoms with Gasteiger partial charge in [-0.1, -0.05) is 29.7 Å². The summed E-state index contributed by atoms with van der Waals surface area (Å²) in [5, 5.41) is 2.34. The molecular weight excluding hydrogens is 387 g/mol. The number of carbonyl (C=O) groups excluding carboxylic acids is 3. The van der Waals surface area contributed by atoms with Crippen molar-refractivity contribution in [3.05, 3.63) is 64.4 Å². The third-order valence-corrected chi connectivity index (χ3v) is 4.01. The quantitative estimate of drug-likeness (QED) is 0.487. The number of ether oxygens (including phenoxy) is 1. The van der Waals surface area contributed by atoms with Crippen LogP contribution in [0.1, 0.15) is 5.56 Å². The van der Waals surface area contributed by atoms with Gasteiger partial charge in [0.2, 0.25) is 0 Å². The molecule has 6 nitrogen and oxygen atoms in total. The average molecular weight is 399 g/mol. The molecule has 2 aromatic carbocycles. The van der Waals surface area contributed by atoms with Gasteiger partial charge in [0.05, 0.1) is 5.69 Å². The number of nitrogens with one attached hydrogen (secondary N) is 1. The highest BCUT2D eigenvalue weighted by molar-refractivity contribution is 6.39. The van der Waals surface area contributed by atoms with E-state index in [0.717, 1.165) is 6.07 Å². The highest BCUT2D eigenvalue weighted by atomic mass is 35.5. The van der Waals surface area contributed by atoms with Crippen LogP contribution in [0.15, 0.2) is 48.0 Å². The van der Waals surface area contributed by atoms with E-state index in [9.17, 15) is 18.8 Å². The summed E-state index contributed by atoms with van der Waals surface area (Å²) >= 11 is 5.99. The summed E-state index contributed by atoms with van der Waals surface area (Å²) < 4.78 is 19.5. The number of urea groups is 1. The normalized spacial score (nSPS) is 15.4. The second-order valence-electron chi connectivity index (χ2n) is 5.58. The lowest BCUT2D eigenvalue weighted by molar-refractivity contribution is -0.122. The number of halogens is 2. The largest absolute Gasteiger partial charge is 0.480 e. The Bertz CT molecular complexity index is 1060. The predicted molar refractivity (Wildman–Crippen MR) is 101 cm³/mol. The Morgan fingerprint density at radius 3 is 2.68 bits per heavy atom. The van der Waals surface area contributed by atoms with E-state index in [1.807, 2.05) is 5.32 Å². The van der Waals surface area contributed by atoms with Crippen LogP contribution in [0.3, 0.4) is 0 Å². The first-order chi connectivity index (χ1) is 13.4. The number of hydrogen-bond acceptors (Lipinski definition) is 4. The van der Waals surface area contributed by atoms with Gasteiger partial charge < -0.3 is 4.74 Å². The van der Waals surface area contributed by atoms with Crippen molar-refractivity contribution >= 4 is 41.2 Å². The first kappa shape index (κ1) is 19.1. The Kier molecular flexibility index (Phi) is 5.43. The zero-order valence-electron chi connectivity index (χ0n) is 14.2. The van der Waals surface area contributed by atoms with Gasteiger partial charge in [-0.15, -0.1) is 6.42 Å². The standard InChI is InChI=1S/C20H12ClFN2O4/c1-2-9-28-17-8-7-13(21)10-12(17)11-14-18(25)23-20(27)24(19(14)26)16-6-4-3-5-15(16)22/h1,3-8,10-11H,9H2,(H,23,25,27)/b14-11+. The number of imide groups is 2. The SMILES string of the molecule is C#CCOc1ccc(Cl)cc1/C=C1\C(=O)NC(=O)N(c2ccccc2F)C1=O. The highest BCUT2D eigenvalue weighted by Crippen LogP contribution is 2.28. The lowest BCUT2D eigenvalue weighted by Crippen LogP contribution is -2.54. The third kappa shape index (κ3) is 3.72. The summed E-state index contributed by atoms with van der Waals surface area (Å²) in [4.78, 5) is 37.8. The summed E-state index contributed by atoms with van der Waals surface area (Å²) in [5.41, 5.74) is -0.377. The van der Waals surface area contributed by atoms with Gasteiger partial charge in [-0.2, -0.15) is 0 Å². The number of barbiturate groups is 1. The van der Waals surface area contributed by atoms with Gasteiger partial charge in [-0.25, -0.2) is 14.1 Å². The van der Waals surface area contributed by atoms with E-state index >= 15 is 0 Å². The molecule has 0 unspecified atom stereocenters. The summed E-state index contributed by atoms with van der Waals surface area (Å²) in [6.07, 6.45) is 6.39. The molecule has 2 aromatic rings. The maximum absolute atomic E-state index is 14.1. The molecule has 0 aliphatic carbocycles. The summed E-state index contributed by atoms with van der Waals surface area (Å²) in [5.74, 6) is -0.116. The predicted octanol–water partition coefficient (Wildman–Crippen LogP) is 3.16. The number of terminal acetylenes is 1. The molecule has 0 saturated carbocycles. The molecule has 0 aromatic heterocycles. The van der Waals surface area contributed by atoms with Gasteiger partial charge in [-0.3, -0.25) is 14.9 Å².